The number of carboxylic acid groups (broad SMARTS) is 1. The molecule has 1 aliphatic rings. The van der Waals surface area contributed by atoms with Crippen molar-refractivity contribution < 1.29 is 19.1 Å². The molecule has 4 rings (SSSR count). The molecule has 3 aromatic rings. The van der Waals surface area contributed by atoms with Crippen molar-refractivity contribution in [2.75, 3.05) is 11.4 Å². The highest BCUT2D eigenvalue weighted by Crippen LogP contribution is 2.31. The van der Waals surface area contributed by atoms with Crippen LogP contribution in [0.2, 0.25) is 5.02 Å². The van der Waals surface area contributed by atoms with Gasteiger partial charge in [0.25, 0.3) is 0 Å². The summed E-state index contributed by atoms with van der Waals surface area (Å²) in [6, 6.07) is 12.4. The monoisotopic (exact) mass is 356 g/mol. The van der Waals surface area contributed by atoms with Crippen LogP contribution in [-0.4, -0.2) is 28.5 Å². The van der Waals surface area contributed by atoms with Gasteiger partial charge >= 0.3 is 5.97 Å². The zero-order valence-corrected chi connectivity index (χ0v) is 13.7. The summed E-state index contributed by atoms with van der Waals surface area (Å²) in [4.78, 5) is 29.1. The Morgan fingerprint density at radius 3 is 2.84 bits per heavy atom. The molecule has 6 nitrogen and oxygen atoms in total. The molecule has 25 heavy (non-hydrogen) atoms. The Balaban J connectivity index is 1.69. The molecule has 1 aliphatic heterocycles. The lowest BCUT2D eigenvalue weighted by Gasteiger charge is -2.15. The number of aromatic nitrogens is 1. The summed E-state index contributed by atoms with van der Waals surface area (Å²) in [5.74, 6) is -1.40. The molecule has 0 saturated carbocycles. The molecule has 1 amide bonds. The number of nitrogens with zero attached hydrogens (tertiary/aromatic N) is 2. The van der Waals surface area contributed by atoms with E-state index in [1.807, 2.05) is 12.1 Å². The predicted octanol–water partition coefficient (Wildman–Crippen LogP) is 3.59. The lowest BCUT2D eigenvalue weighted by Crippen LogP contribution is -2.25. The number of aliphatic carboxylic acids is 1. The van der Waals surface area contributed by atoms with E-state index in [1.165, 1.54) is 4.90 Å². The molecule has 0 bridgehead atoms. The van der Waals surface area contributed by atoms with E-state index < -0.39 is 11.9 Å². The van der Waals surface area contributed by atoms with Gasteiger partial charge in [-0.2, -0.15) is 0 Å². The highest BCUT2D eigenvalue weighted by atomic mass is 35.5. The van der Waals surface area contributed by atoms with E-state index in [1.54, 1.807) is 30.3 Å². The second-order valence-corrected chi connectivity index (χ2v) is 6.36. The number of carbonyl (C=O) groups is 2. The van der Waals surface area contributed by atoms with E-state index in [9.17, 15) is 9.59 Å². The van der Waals surface area contributed by atoms with Crippen molar-refractivity contribution in [2.24, 2.45) is 5.92 Å². The van der Waals surface area contributed by atoms with E-state index in [2.05, 4.69) is 4.98 Å². The number of fused-ring (bicyclic) bond motifs is 1. The minimum atomic E-state index is -0.957. The van der Waals surface area contributed by atoms with Gasteiger partial charge in [-0.05, 0) is 36.4 Å². The standard InChI is InChI=1S/C18H13ClN2O4/c19-12-3-1-2-10(6-12)17-20-14-8-13(4-5-15(14)25-17)21-9-11(18(23)24)7-16(21)22/h1-6,8,11H,7,9H2,(H,23,24)/t11-/m0/s1. The first-order chi connectivity index (χ1) is 12.0. The normalized spacial score (nSPS) is 17.4. The fraction of sp³-hybridized carbons (Fsp3) is 0.167. The number of halogens is 1. The molecule has 0 spiro atoms. The van der Waals surface area contributed by atoms with Gasteiger partial charge in [0.1, 0.15) is 5.52 Å². The lowest BCUT2D eigenvalue weighted by molar-refractivity contribution is -0.141. The fourth-order valence-corrected chi connectivity index (χ4v) is 3.14. The van der Waals surface area contributed by atoms with Crippen molar-refractivity contribution in [3.8, 4) is 11.5 Å². The van der Waals surface area contributed by atoms with Gasteiger partial charge in [0, 0.05) is 29.2 Å². The summed E-state index contributed by atoms with van der Waals surface area (Å²) in [7, 11) is 0. The number of amides is 1. The van der Waals surface area contributed by atoms with Crippen LogP contribution in [0.1, 0.15) is 6.42 Å². The van der Waals surface area contributed by atoms with Crippen molar-refractivity contribution in [1.82, 2.24) is 4.98 Å². The molecule has 1 atom stereocenters. The van der Waals surface area contributed by atoms with E-state index in [4.69, 9.17) is 21.1 Å². The van der Waals surface area contributed by atoms with Gasteiger partial charge in [-0.25, -0.2) is 4.98 Å². The molecule has 0 radical (unpaired) electrons. The van der Waals surface area contributed by atoms with E-state index >= 15 is 0 Å². The van der Waals surface area contributed by atoms with Crippen molar-refractivity contribution in [2.45, 2.75) is 6.42 Å². The summed E-state index contributed by atoms with van der Waals surface area (Å²) in [5, 5.41) is 9.69. The SMILES string of the molecule is O=C(O)[C@H]1CC(=O)N(c2ccc3oc(-c4cccc(Cl)c4)nc3c2)C1. The highest BCUT2D eigenvalue weighted by Gasteiger charge is 2.35. The average Bonchev–Trinajstić information content (AvgIpc) is 3.17. The van der Waals surface area contributed by atoms with Crippen molar-refractivity contribution >= 4 is 40.3 Å². The van der Waals surface area contributed by atoms with Crippen LogP contribution >= 0.6 is 11.6 Å². The molecule has 1 N–H and O–H groups in total. The maximum atomic E-state index is 12.1. The minimum absolute atomic E-state index is 0.0138. The van der Waals surface area contributed by atoms with Gasteiger partial charge in [-0.1, -0.05) is 17.7 Å². The number of hydrogen-bond donors (Lipinski definition) is 1. The summed E-state index contributed by atoms with van der Waals surface area (Å²) in [6.07, 6.45) is 0.0138. The highest BCUT2D eigenvalue weighted by molar-refractivity contribution is 6.30. The third-order valence-corrected chi connectivity index (χ3v) is 4.46. The molecular weight excluding hydrogens is 344 g/mol. The van der Waals surface area contributed by atoms with E-state index in [0.29, 0.717) is 27.7 Å². The zero-order valence-electron chi connectivity index (χ0n) is 13.0. The Kier molecular flexibility index (Phi) is 3.69. The van der Waals surface area contributed by atoms with Crippen molar-refractivity contribution in [3.63, 3.8) is 0 Å². The Morgan fingerprint density at radius 2 is 2.12 bits per heavy atom. The third kappa shape index (κ3) is 2.85. The molecular formula is C18H13ClN2O4. The fourth-order valence-electron chi connectivity index (χ4n) is 2.95. The van der Waals surface area contributed by atoms with Crippen molar-refractivity contribution in [3.05, 3.63) is 47.5 Å². The topological polar surface area (TPSA) is 83.6 Å². The number of carbonyl (C=O) groups excluding carboxylic acids is 1. The molecule has 2 aromatic carbocycles. The van der Waals surface area contributed by atoms with Crippen LogP contribution in [0.15, 0.2) is 46.9 Å². The summed E-state index contributed by atoms with van der Waals surface area (Å²) in [5.41, 5.74) is 2.56. The van der Waals surface area contributed by atoms with Crippen LogP contribution in [0.3, 0.4) is 0 Å². The van der Waals surface area contributed by atoms with Crippen LogP contribution in [0, 0.1) is 5.92 Å². The number of carboxylic acids is 1. The second-order valence-electron chi connectivity index (χ2n) is 5.93. The first-order valence-electron chi connectivity index (χ1n) is 7.71. The van der Waals surface area contributed by atoms with Crippen LogP contribution in [-0.2, 0) is 9.59 Å². The molecule has 126 valence electrons. The second kappa shape index (κ2) is 5.89. The van der Waals surface area contributed by atoms with Crippen molar-refractivity contribution in [1.29, 1.82) is 0 Å². The van der Waals surface area contributed by atoms with Gasteiger partial charge in [-0.3, -0.25) is 9.59 Å². The Bertz CT molecular complexity index is 998. The van der Waals surface area contributed by atoms with E-state index in [-0.39, 0.29) is 18.9 Å². The Morgan fingerprint density at radius 1 is 1.28 bits per heavy atom. The van der Waals surface area contributed by atoms with Crippen LogP contribution in [0.4, 0.5) is 5.69 Å². The van der Waals surface area contributed by atoms with E-state index in [0.717, 1.165) is 5.56 Å². The number of oxazole rings is 1. The van der Waals surface area contributed by atoms with Gasteiger partial charge in [0.05, 0.1) is 5.92 Å². The molecule has 0 unspecified atom stereocenters. The molecule has 1 saturated heterocycles. The van der Waals surface area contributed by atoms with Gasteiger partial charge in [0.2, 0.25) is 11.8 Å². The first-order valence-corrected chi connectivity index (χ1v) is 8.09. The quantitative estimate of drug-likeness (QED) is 0.775. The average molecular weight is 357 g/mol. The van der Waals surface area contributed by atoms with Gasteiger partial charge < -0.3 is 14.4 Å². The van der Waals surface area contributed by atoms with Crippen LogP contribution in [0.5, 0.6) is 0 Å². The molecule has 1 fully saturated rings. The summed E-state index contributed by atoms with van der Waals surface area (Å²) >= 11 is 6.00. The first kappa shape index (κ1) is 15.7. The number of hydrogen-bond acceptors (Lipinski definition) is 4. The zero-order chi connectivity index (χ0) is 17.6. The smallest absolute Gasteiger partial charge is 0.308 e. The Hall–Kier alpha value is -2.86. The summed E-state index contributed by atoms with van der Waals surface area (Å²) in [6.45, 7) is 0.165. The number of benzene rings is 2. The van der Waals surface area contributed by atoms with Crippen LogP contribution in [0.25, 0.3) is 22.6 Å². The molecule has 1 aromatic heterocycles. The summed E-state index contributed by atoms with van der Waals surface area (Å²) < 4.78 is 5.75. The predicted molar refractivity (Wildman–Crippen MR) is 92.6 cm³/mol. The lowest BCUT2D eigenvalue weighted by atomic mass is 10.1. The minimum Gasteiger partial charge on any atom is -0.481 e. The maximum absolute atomic E-state index is 12.1. The maximum Gasteiger partial charge on any atom is 0.308 e. The van der Waals surface area contributed by atoms with Gasteiger partial charge in [0.15, 0.2) is 5.58 Å². The number of rotatable bonds is 3. The van der Waals surface area contributed by atoms with Crippen LogP contribution < -0.4 is 4.90 Å². The Labute approximate surface area is 147 Å². The third-order valence-electron chi connectivity index (χ3n) is 4.23. The number of anilines is 1. The largest absolute Gasteiger partial charge is 0.481 e. The van der Waals surface area contributed by atoms with Gasteiger partial charge in [-0.15, -0.1) is 0 Å². The molecule has 2 heterocycles. The molecule has 7 heteroatoms. The molecule has 0 aliphatic carbocycles.